The van der Waals surface area contributed by atoms with Gasteiger partial charge in [-0.25, -0.2) is 4.39 Å². The molecular weight excluding hydrogens is 314 g/mol. The van der Waals surface area contributed by atoms with E-state index in [2.05, 4.69) is 4.74 Å². The molecule has 21 heavy (non-hydrogen) atoms. The number of rotatable bonds is 3. The van der Waals surface area contributed by atoms with Crippen LogP contribution in [0.4, 0.5) is 17.6 Å². The molecule has 1 rings (SSSR count). The molecule has 0 saturated heterocycles. The zero-order valence-corrected chi connectivity index (χ0v) is 12.4. The molecule has 1 aromatic rings. The lowest BCUT2D eigenvalue weighted by molar-refractivity contribution is -0.152. The van der Waals surface area contributed by atoms with E-state index in [-0.39, 0.29) is 18.0 Å². The van der Waals surface area contributed by atoms with Crippen LogP contribution in [0.15, 0.2) is 18.2 Å². The Morgan fingerprint density at radius 1 is 1.29 bits per heavy atom. The number of esters is 1. The lowest BCUT2D eigenvalue weighted by atomic mass is 9.80. The summed E-state index contributed by atoms with van der Waals surface area (Å²) in [5.74, 6) is -2.20. The van der Waals surface area contributed by atoms with Crippen molar-refractivity contribution in [2.75, 3.05) is 7.11 Å². The molecular formula is C13H16ClF4NO2. The fraction of sp³-hybridized carbons (Fsp3) is 0.462. The summed E-state index contributed by atoms with van der Waals surface area (Å²) in [7, 11) is 1.12. The fourth-order valence-corrected chi connectivity index (χ4v) is 1.79. The lowest BCUT2D eigenvalue weighted by Crippen LogP contribution is -2.38. The summed E-state index contributed by atoms with van der Waals surface area (Å²) < 4.78 is 56.4. The van der Waals surface area contributed by atoms with Gasteiger partial charge in [0.15, 0.2) is 0 Å². The maximum atomic E-state index is 14.0. The van der Waals surface area contributed by atoms with E-state index in [1.807, 2.05) is 0 Å². The first-order valence-corrected chi connectivity index (χ1v) is 5.73. The highest BCUT2D eigenvalue weighted by atomic mass is 35.5. The molecule has 0 spiro atoms. The molecule has 0 saturated carbocycles. The quantitative estimate of drug-likeness (QED) is 0.682. The summed E-state index contributed by atoms with van der Waals surface area (Å²) >= 11 is 0. The molecule has 120 valence electrons. The number of ether oxygens (including phenoxy) is 1. The van der Waals surface area contributed by atoms with Crippen LogP contribution in [0, 0.1) is 11.2 Å². The molecule has 0 bridgehead atoms. The second kappa shape index (κ2) is 6.62. The molecule has 0 aliphatic rings. The molecule has 1 atom stereocenters. The normalized spacial score (nSPS) is 13.3. The summed E-state index contributed by atoms with van der Waals surface area (Å²) in [5, 5.41) is 0. The van der Waals surface area contributed by atoms with E-state index in [9.17, 15) is 22.4 Å². The van der Waals surface area contributed by atoms with Gasteiger partial charge in [-0.3, -0.25) is 4.79 Å². The molecule has 0 unspecified atom stereocenters. The van der Waals surface area contributed by atoms with Gasteiger partial charge in [0.2, 0.25) is 0 Å². The van der Waals surface area contributed by atoms with E-state index >= 15 is 0 Å². The first-order valence-electron chi connectivity index (χ1n) is 5.73. The number of hydrogen-bond donors (Lipinski definition) is 1. The zero-order valence-electron chi connectivity index (χ0n) is 11.6. The van der Waals surface area contributed by atoms with Gasteiger partial charge >= 0.3 is 12.1 Å². The van der Waals surface area contributed by atoms with Crippen molar-refractivity contribution < 1.29 is 27.1 Å². The Morgan fingerprint density at radius 3 is 2.24 bits per heavy atom. The van der Waals surface area contributed by atoms with Gasteiger partial charge in [-0.1, -0.05) is 12.1 Å². The first kappa shape index (κ1) is 19.7. The van der Waals surface area contributed by atoms with Crippen LogP contribution in [0.3, 0.4) is 0 Å². The molecule has 2 N–H and O–H groups in total. The fourth-order valence-electron chi connectivity index (χ4n) is 1.79. The second-order valence-electron chi connectivity index (χ2n) is 4.90. The number of carbonyl (C=O) groups excluding carboxylic acids is 1. The van der Waals surface area contributed by atoms with Gasteiger partial charge < -0.3 is 10.5 Å². The Bertz CT molecular complexity index is 517. The van der Waals surface area contributed by atoms with E-state index in [1.54, 1.807) is 0 Å². The molecule has 0 fully saturated rings. The Labute approximate surface area is 125 Å². The number of benzene rings is 1. The van der Waals surface area contributed by atoms with Gasteiger partial charge in [0.05, 0.1) is 18.1 Å². The smallest absolute Gasteiger partial charge is 0.419 e. The number of halogens is 5. The van der Waals surface area contributed by atoms with Crippen LogP contribution >= 0.6 is 12.4 Å². The summed E-state index contributed by atoms with van der Waals surface area (Å²) in [6.45, 7) is 2.76. The van der Waals surface area contributed by atoms with Crippen molar-refractivity contribution in [2.45, 2.75) is 26.1 Å². The van der Waals surface area contributed by atoms with Crippen molar-refractivity contribution in [3.63, 3.8) is 0 Å². The second-order valence-corrected chi connectivity index (χ2v) is 4.90. The minimum absolute atomic E-state index is 0. The Morgan fingerprint density at radius 2 is 1.81 bits per heavy atom. The summed E-state index contributed by atoms with van der Waals surface area (Å²) in [5.41, 5.74) is 2.60. The van der Waals surface area contributed by atoms with Gasteiger partial charge in [0.1, 0.15) is 5.82 Å². The van der Waals surface area contributed by atoms with Gasteiger partial charge in [-0.2, -0.15) is 13.2 Å². The molecule has 0 aliphatic heterocycles. The number of methoxy groups -OCH3 is 1. The number of carbonyl (C=O) groups is 1. The predicted octanol–water partition coefficient (Wildman–Crippen LogP) is 3.47. The minimum atomic E-state index is -4.82. The van der Waals surface area contributed by atoms with Gasteiger partial charge in [-0.15, -0.1) is 12.4 Å². The van der Waals surface area contributed by atoms with Crippen molar-refractivity contribution in [2.24, 2.45) is 11.1 Å². The predicted molar refractivity (Wildman–Crippen MR) is 71.4 cm³/mol. The van der Waals surface area contributed by atoms with Crippen LogP contribution in [0.1, 0.15) is 31.0 Å². The summed E-state index contributed by atoms with van der Waals surface area (Å²) in [6, 6.07) is 1.53. The van der Waals surface area contributed by atoms with Crippen LogP contribution in [-0.4, -0.2) is 13.1 Å². The molecule has 0 radical (unpaired) electrons. The average molecular weight is 330 g/mol. The molecule has 3 nitrogen and oxygen atoms in total. The SMILES string of the molecule is COC(=O)C(C)(C)[C@@H](N)c1cccc(C(F)(F)F)c1F.Cl. The molecule has 0 aliphatic carbocycles. The van der Waals surface area contributed by atoms with E-state index in [0.717, 1.165) is 19.2 Å². The molecule has 1 aromatic carbocycles. The Kier molecular flexibility index (Phi) is 6.19. The monoisotopic (exact) mass is 329 g/mol. The van der Waals surface area contributed by atoms with E-state index < -0.39 is 35.0 Å². The molecule has 0 amide bonds. The molecule has 0 heterocycles. The van der Waals surface area contributed by atoms with Gasteiger partial charge in [-0.05, 0) is 19.9 Å². The Balaban J connectivity index is 0.00000400. The number of nitrogens with two attached hydrogens (primary N) is 1. The van der Waals surface area contributed by atoms with Gasteiger partial charge in [0.25, 0.3) is 0 Å². The minimum Gasteiger partial charge on any atom is -0.469 e. The maximum Gasteiger partial charge on any atom is 0.419 e. The topological polar surface area (TPSA) is 52.3 Å². The molecule has 8 heteroatoms. The number of alkyl halides is 3. The van der Waals surface area contributed by atoms with Crippen LogP contribution in [0.2, 0.25) is 0 Å². The zero-order chi connectivity index (χ0) is 15.7. The van der Waals surface area contributed by atoms with Crippen molar-refractivity contribution in [3.05, 3.63) is 35.1 Å². The Hall–Kier alpha value is -1.34. The maximum absolute atomic E-state index is 14.0. The van der Waals surface area contributed by atoms with E-state index in [1.165, 1.54) is 13.8 Å². The summed E-state index contributed by atoms with van der Waals surface area (Å²) in [4.78, 5) is 11.6. The highest BCUT2D eigenvalue weighted by molar-refractivity contribution is 5.85. The van der Waals surface area contributed by atoms with Crippen LogP contribution in [-0.2, 0) is 15.7 Å². The third-order valence-corrected chi connectivity index (χ3v) is 3.16. The van der Waals surface area contributed by atoms with E-state index in [0.29, 0.717) is 6.07 Å². The standard InChI is InChI=1S/C13H15F4NO2.ClH/c1-12(2,11(19)20-3)10(18)7-5-4-6-8(9(7)14)13(15,16)17;/h4-6,10H,18H2,1-3H3;1H/t10-;/m0./s1. The van der Waals surface area contributed by atoms with Gasteiger partial charge in [0, 0.05) is 11.6 Å². The number of hydrogen-bond acceptors (Lipinski definition) is 3. The van der Waals surface area contributed by atoms with E-state index in [4.69, 9.17) is 5.73 Å². The highest BCUT2D eigenvalue weighted by Crippen LogP contribution is 2.38. The molecule has 0 aromatic heterocycles. The van der Waals surface area contributed by atoms with Crippen molar-refractivity contribution in [1.82, 2.24) is 0 Å². The summed E-state index contributed by atoms with van der Waals surface area (Å²) in [6.07, 6.45) is -4.82. The third kappa shape index (κ3) is 3.85. The van der Waals surface area contributed by atoms with Crippen molar-refractivity contribution in [3.8, 4) is 0 Å². The van der Waals surface area contributed by atoms with Crippen molar-refractivity contribution >= 4 is 18.4 Å². The lowest BCUT2D eigenvalue weighted by Gasteiger charge is -2.29. The largest absolute Gasteiger partial charge is 0.469 e. The highest BCUT2D eigenvalue weighted by Gasteiger charge is 2.41. The first-order chi connectivity index (χ1) is 9.03. The average Bonchev–Trinajstić information content (AvgIpc) is 2.35. The van der Waals surface area contributed by atoms with Crippen LogP contribution in [0.25, 0.3) is 0 Å². The van der Waals surface area contributed by atoms with Crippen LogP contribution in [0.5, 0.6) is 0 Å². The third-order valence-electron chi connectivity index (χ3n) is 3.16. The van der Waals surface area contributed by atoms with Crippen molar-refractivity contribution in [1.29, 1.82) is 0 Å². The van der Waals surface area contributed by atoms with Crippen LogP contribution < -0.4 is 5.73 Å².